The van der Waals surface area contributed by atoms with Crippen molar-refractivity contribution < 1.29 is 14.6 Å². The Kier molecular flexibility index (Phi) is 7.64. The summed E-state index contributed by atoms with van der Waals surface area (Å²) in [4.78, 5) is 19.6. The van der Waals surface area contributed by atoms with E-state index in [9.17, 15) is 4.79 Å². The number of fused-ring (bicyclic) bond motifs is 1. The molecule has 0 amide bonds. The Morgan fingerprint density at radius 2 is 1.94 bits per heavy atom. The van der Waals surface area contributed by atoms with E-state index in [-0.39, 0.29) is 6.54 Å². The highest BCUT2D eigenvalue weighted by Gasteiger charge is 2.18. The summed E-state index contributed by atoms with van der Waals surface area (Å²) >= 11 is 3.50. The van der Waals surface area contributed by atoms with Gasteiger partial charge in [0.2, 0.25) is 0 Å². The van der Waals surface area contributed by atoms with Crippen molar-refractivity contribution in [2.24, 2.45) is 0 Å². The molecule has 0 radical (unpaired) electrons. The van der Waals surface area contributed by atoms with Crippen LogP contribution in [0.15, 0.2) is 53.1 Å². The van der Waals surface area contributed by atoms with E-state index in [4.69, 9.17) is 15.6 Å². The molecule has 8 nitrogen and oxygen atoms in total. The van der Waals surface area contributed by atoms with Crippen LogP contribution in [0.5, 0.6) is 5.75 Å². The number of nitrogens with zero attached hydrogens (tertiary/aromatic N) is 3. The van der Waals surface area contributed by atoms with Gasteiger partial charge in [-0.25, -0.2) is 0 Å². The van der Waals surface area contributed by atoms with Crippen LogP contribution in [0.3, 0.4) is 0 Å². The first kappa shape index (κ1) is 23.3. The summed E-state index contributed by atoms with van der Waals surface area (Å²) in [5.41, 5.74) is 9.59. The summed E-state index contributed by atoms with van der Waals surface area (Å²) < 4.78 is 6.98. The number of halogens is 1. The quantitative estimate of drug-likeness (QED) is 0.293. The number of hydrogen-bond acceptors (Lipinski definition) is 7. The monoisotopic (exact) mass is 513 g/mol. The van der Waals surface area contributed by atoms with Crippen molar-refractivity contribution in [3.63, 3.8) is 0 Å². The number of piperazine rings is 1. The molecule has 2 aromatic carbocycles. The molecule has 0 spiro atoms. The maximum atomic E-state index is 10.8. The minimum absolute atomic E-state index is 0.117. The fourth-order valence-electron chi connectivity index (χ4n) is 3.98. The van der Waals surface area contributed by atoms with Gasteiger partial charge in [0.1, 0.15) is 5.75 Å². The third kappa shape index (κ3) is 6.34. The number of rotatable bonds is 9. The van der Waals surface area contributed by atoms with Gasteiger partial charge >= 0.3 is 5.97 Å². The molecule has 2 heterocycles. The van der Waals surface area contributed by atoms with Gasteiger partial charge in [-0.3, -0.25) is 14.7 Å². The summed E-state index contributed by atoms with van der Waals surface area (Å²) in [6, 6.07) is 13.7. The smallest absolute Gasteiger partial charge is 0.317 e. The van der Waals surface area contributed by atoms with Crippen LogP contribution in [0.25, 0.3) is 10.9 Å². The number of anilines is 3. The fraction of sp³-hybridized carbons (Fsp3) is 0.333. The second-order valence-corrected chi connectivity index (χ2v) is 9.03. The van der Waals surface area contributed by atoms with Crippen molar-refractivity contribution in [3.8, 4) is 5.75 Å². The van der Waals surface area contributed by atoms with Crippen LogP contribution < -0.4 is 15.8 Å². The molecule has 0 atom stereocenters. The topological polar surface area (TPSA) is 104 Å². The Morgan fingerprint density at radius 3 is 2.70 bits per heavy atom. The summed E-state index contributed by atoms with van der Waals surface area (Å²) in [6.45, 7) is 4.91. The second kappa shape index (κ2) is 10.8. The molecule has 0 saturated carbocycles. The highest BCUT2D eigenvalue weighted by molar-refractivity contribution is 9.10. The Morgan fingerprint density at radius 1 is 1.15 bits per heavy atom. The molecule has 4 rings (SSSR count). The lowest BCUT2D eigenvalue weighted by Gasteiger charge is -2.33. The van der Waals surface area contributed by atoms with E-state index in [1.807, 2.05) is 47.4 Å². The number of hydrogen-bond donors (Lipinski definition) is 3. The lowest BCUT2D eigenvalue weighted by atomic mass is 10.1. The zero-order valence-electron chi connectivity index (χ0n) is 18.3. The van der Waals surface area contributed by atoms with E-state index in [0.29, 0.717) is 18.0 Å². The lowest BCUT2D eigenvalue weighted by Crippen LogP contribution is -2.48. The Bertz CT molecular complexity index is 1120. The first-order chi connectivity index (χ1) is 16.0. The van der Waals surface area contributed by atoms with Crippen LogP contribution in [0.4, 0.5) is 17.1 Å². The van der Waals surface area contributed by atoms with Gasteiger partial charge in [-0.1, -0.05) is 22.0 Å². The molecule has 0 bridgehead atoms. The number of nitrogens with two attached hydrogens (primary N) is 1. The first-order valence-electron chi connectivity index (χ1n) is 11.0. The van der Waals surface area contributed by atoms with Gasteiger partial charge in [0, 0.05) is 66.2 Å². The molecule has 174 valence electrons. The number of aromatic nitrogens is 1. The SMILES string of the molecule is Nc1cc2c(Nc3cccc(Br)c3)ccnc2cc1OCCCN1CCN(CC(=O)O)CC1. The molecular formula is C24H28BrN5O3. The van der Waals surface area contributed by atoms with E-state index in [2.05, 4.69) is 31.1 Å². The van der Waals surface area contributed by atoms with Gasteiger partial charge in [-0.15, -0.1) is 0 Å². The summed E-state index contributed by atoms with van der Waals surface area (Å²) in [5.74, 6) is -0.128. The third-order valence-corrected chi connectivity index (χ3v) is 6.17. The van der Waals surface area contributed by atoms with Crippen LogP contribution in [-0.2, 0) is 4.79 Å². The van der Waals surface area contributed by atoms with Crippen molar-refractivity contribution in [1.82, 2.24) is 14.8 Å². The van der Waals surface area contributed by atoms with Crippen molar-refractivity contribution in [2.75, 3.05) is 56.9 Å². The number of ether oxygens (including phenoxy) is 1. The standard InChI is InChI=1S/C24H28BrN5O3/c25-17-3-1-4-18(13-17)28-21-5-6-27-22-15-23(20(26)14-19(21)22)33-12-2-7-29-8-10-30(11-9-29)16-24(31)32/h1,3-6,13-15H,2,7-12,16,26H2,(H,27,28)(H,31,32). The molecule has 1 aliphatic heterocycles. The number of carboxylic acid groups (broad SMARTS) is 1. The lowest BCUT2D eigenvalue weighted by molar-refractivity contribution is -0.138. The molecular weight excluding hydrogens is 486 g/mol. The summed E-state index contributed by atoms with van der Waals surface area (Å²) in [7, 11) is 0. The van der Waals surface area contributed by atoms with E-state index in [1.54, 1.807) is 6.20 Å². The Balaban J connectivity index is 1.32. The number of nitrogens with one attached hydrogen (secondary N) is 1. The zero-order valence-corrected chi connectivity index (χ0v) is 19.9. The molecule has 1 saturated heterocycles. The molecule has 1 aliphatic rings. The number of aliphatic carboxylic acids is 1. The number of carboxylic acids is 1. The van der Waals surface area contributed by atoms with E-state index >= 15 is 0 Å². The molecule has 1 aromatic heterocycles. The minimum atomic E-state index is -0.768. The molecule has 9 heteroatoms. The maximum Gasteiger partial charge on any atom is 0.317 e. The van der Waals surface area contributed by atoms with Crippen molar-refractivity contribution in [3.05, 3.63) is 53.1 Å². The van der Waals surface area contributed by atoms with E-state index in [0.717, 1.165) is 65.9 Å². The molecule has 33 heavy (non-hydrogen) atoms. The van der Waals surface area contributed by atoms with Gasteiger partial charge in [-0.2, -0.15) is 0 Å². The third-order valence-electron chi connectivity index (χ3n) is 5.68. The van der Waals surface area contributed by atoms with Gasteiger partial charge in [0.05, 0.1) is 24.4 Å². The average Bonchev–Trinajstić information content (AvgIpc) is 2.78. The van der Waals surface area contributed by atoms with Crippen LogP contribution in [-0.4, -0.2) is 71.7 Å². The van der Waals surface area contributed by atoms with Crippen LogP contribution >= 0.6 is 15.9 Å². The second-order valence-electron chi connectivity index (χ2n) is 8.11. The molecule has 4 N–H and O–H groups in total. The van der Waals surface area contributed by atoms with Crippen molar-refractivity contribution >= 4 is 49.9 Å². The van der Waals surface area contributed by atoms with E-state index in [1.165, 1.54) is 0 Å². The number of benzene rings is 2. The maximum absolute atomic E-state index is 10.8. The van der Waals surface area contributed by atoms with Crippen molar-refractivity contribution in [1.29, 1.82) is 0 Å². The van der Waals surface area contributed by atoms with Crippen LogP contribution in [0.1, 0.15) is 6.42 Å². The van der Waals surface area contributed by atoms with E-state index < -0.39 is 5.97 Å². The number of carbonyl (C=O) groups is 1. The zero-order chi connectivity index (χ0) is 23.2. The highest BCUT2D eigenvalue weighted by atomic mass is 79.9. The van der Waals surface area contributed by atoms with Gasteiger partial charge in [-0.05, 0) is 36.8 Å². The predicted molar refractivity (Wildman–Crippen MR) is 134 cm³/mol. The largest absolute Gasteiger partial charge is 0.491 e. The van der Waals surface area contributed by atoms with Gasteiger partial charge in [0.15, 0.2) is 0 Å². The van der Waals surface area contributed by atoms with Crippen LogP contribution in [0, 0.1) is 0 Å². The average molecular weight is 514 g/mol. The Hall–Kier alpha value is -2.88. The molecule has 0 unspecified atom stereocenters. The number of nitrogen functional groups attached to an aromatic ring is 1. The summed E-state index contributed by atoms with van der Waals surface area (Å²) in [6.07, 6.45) is 2.64. The van der Waals surface area contributed by atoms with Crippen molar-refractivity contribution in [2.45, 2.75) is 6.42 Å². The predicted octanol–water partition coefficient (Wildman–Crippen LogP) is 3.79. The fourth-order valence-corrected chi connectivity index (χ4v) is 4.38. The normalized spacial score (nSPS) is 14.9. The van der Waals surface area contributed by atoms with Gasteiger partial charge in [0.25, 0.3) is 0 Å². The number of pyridine rings is 1. The first-order valence-corrected chi connectivity index (χ1v) is 11.8. The van der Waals surface area contributed by atoms with Crippen LogP contribution in [0.2, 0.25) is 0 Å². The summed E-state index contributed by atoms with van der Waals surface area (Å²) in [5, 5.41) is 13.3. The molecule has 1 fully saturated rings. The molecule has 3 aromatic rings. The Labute approximate surface area is 201 Å². The highest BCUT2D eigenvalue weighted by Crippen LogP contribution is 2.33. The molecule has 0 aliphatic carbocycles. The van der Waals surface area contributed by atoms with Gasteiger partial charge < -0.3 is 25.8 Å². The minimum Gasteiger partial charge on any atom is -0.491 e.